The number of carbonyl (C=O) groups is 1. The van der Waals surface area contributed by atoms with E-state index in [1.54, 1.807) is 20.4 Å². The van der Waals surface area contributed by atoms with Crippen LogP contribution in [0.4, 0.5) is 5.13 Å². The molecule has 4 rings (SSSR count). The predicted molar refractivity (Wildman–Crippen MR) is 95.7 cm³/mol. The molecule has 0 atom stereocenters. The van der Waals surface area contributed by atoms with Crippen LogP contribution in [0.5, 0.6) is 5.88 Å². The Labute approximate surface area is 153 Å². The van der Waals surface area contributed by atoms with Crippen LogP contribution < -0.4 is 10.1 Å². The van der Waals surface area contributed by atoms with Crippen molar-refractivity contribution in [3.8, 4) is 5.88 Å². The monoisotopic (exact) mass is 374 g/mol. The van der Waals surface area contributed by atoms with E-state index in [2.05, 4.69) is 25.6 Å². The van der Waals surface area contributed by atoms with E-state index in [-0.39, 0.29) is 11.6 Å². The number of fused-ring (bicyclic) bond motifs is 1. The fraction of sp³-hybridized carbons (Fsp3) is 0.438. The number of hydrogen-bond donors (Lipinski definition) is 1. The number of aryl methyl sites for hydroxylation is 1. The van der Waals surface area contributed by atoms with Crippen LogP contribution in [0.1, 0.15) is 34.8 Å². The molecule has 1 amide bonds. The van der Waals surface area contributed by atoms with Gasteiger partial charge in [-0.3, -0.25) is 14.8 Å². The van der Waals surface area contributed by atoms with Gasteiger partial charge in [0.1, 0.15) is 5.52 Å². The van der Waals surface area contributed by atoms with Gasteiger partial charge in [0.2, 0.25) is 5.88 Å². The Hall–Kier alpha value is -2.59. The van der Waals surface area contributed by atoms with E-state index in [1.807, 2.05) is 6.20 Å². The predicted octanol–water partition coefficient (Wildman–Crippen LogP) is 1.97. The first-order valence-corrected chi connectivity index (χ1v) is 9.06. The minimum absolute atomic E-state index is 0.237. The van der Waals surface area contributed by atoms with Crippen molar-refractivity contribution in [2.24, 2.45) is 7.05 Å². The van der Waals surface area contributed by atoms with E-state index in [4.69, 9.17) is 9.47 Å². The lowest BCUT2D eigenvalue weighted by atomic mass is 9.93. The van der Waals surface area contributed by atoms with Crippen LogP contribution in [0, 0.1) is 0 Å². The van der Waals surface area contributed by atoms with Crippen molar-refractivity contribution in [3.05, 3.63) is 23.7 Å². The maximum Gasteiger partial charge on any atom is 0.279 e. The van der Waals surface area contributed by atoms with Crippen molar-refractivity contribution in [1.82, 2.24) is 25.0 Å². The summed E-state index contributed by atoms with van der Waals surface area (Å²) in [6.45, 7) is 1.49. The van der Waals surface area contributed by atoms with Crippen LogP contribution in [-0.2, 0) is 11.8 Å². The highest BCUT2D eigenvalue weighted by molar-refractivity contribution is 7.22. The van der Waals surface area contributed by atoms with Crippen molar-refractivity contribution in [2.75, 3.05) is 25.6 Å². The second-order valence-corrected chi connectivity index (χ2v) is 7.04. The number of nitrogens with zero attached hydrogens (tertiary/aromatic N) is 5. The summed E-state index contributed by atoms with van der Waals surface area (Å²) in [6, 6.07) is 0. The maximum absolute atomic E-state index is 12.3. The topological polar surface area (TPSA) is 104 Å². The molecule has 26 heavy (non-hydrogen) atoms. The van der Waals surface area contributed by atoms with Gasteiger partial charge in [-0.05, 0) is 24.3 Å². The number of aromatic nitrogens is 5. The summed E-state index contributed by atoms with van der Waals surface area (Å²) in [5.41, 5.74) is 2.03. The fourth-order valence-electron chi connectivity index (χ4n) is 3.02. The van der Waals surface area contributed by atoms with Crippen molar-refractivity contribution >= 4 is 32.6 Å². The standard InChI is InChI=1S/C16H18N6O3S/c1-22-8-11(20-21-22)14(23)19-16-18-12-13(26-16)10(7-17-15(12)24-2)9-3-5-25-6-4-9/h7-9H,3-6H2,1-2H3,(H,18,19,23). The average molecular weight is 374 g/mol. The lowest BCUT2D eigenvalue weighted by molar-refractivity contribution is 0.0855. The summed E-state index contributed by atoms with van der Waals surface area (Å²) < 4.78 is 13.3. The first-order valence-electron chi connectivity index (χ1n) is 8.24. The largest absolute Gasteiger partial charge is 0.479 e. The molecule has 0 radical (unpaired) electrons. The normalized spacial score (nSPS) is 15.3. The van der Waals surface area contributed by atoms with E-state index in [0.29, 0.717) is 22.4 Å². The van der Waals surface area contributed by atoms with Gasteiger partial charge in [-0.2, -0.15) is 0 Å². The minimum Gasteiger partial charge on any atom is -0.479 e. The van der Waals surface area contributed by atoms with E-state index in [0.717, 1.165) is 36.3 Å². The molecule has 0 unspecified atom stereocenters. The van der Waals surface area contributed by atoms with Gasteiger partial charge in [0.15, 0.2) is 10.8 Å². The molecular weight excluding hydrogens is 356 g/mol. The van der Waals surface area contributed by atoms with E-state index in [9.17, 15) is 4.79 Å². The van der Waals surface area contributed by atoms with Crippen LogP contribution in [0.25, 0.3) is 10.2 Å². The number of hydrogen-bond acceptors (Lipinski definition) is 8. The number of rotatable bonds is 4. The minimum atomic E-state index is -0.350. The second kappa shape index (κ2) is 6.96. The van der Waals surface area contributed by atoms with Crippen molar-refractivity contribution < 1.29 is 14.3 Å². The van der Waals surface area contributed by atoms with Gasteiger partial charge in [0.25, 0.3) is 5.91 Å². The SMILES string of the molecule is COc1ncc(C2CCOCC2)c2sc(NC(=O)c3cn(C)nn3)nc12. The lowest BCUT2D eigenvalue weighted by Gasteiger charge is -2.22. The Kier molecular flexibility index (Phi) is 4.51. The molecule has 10 heteroatoms. The number of thiazole rings is 1. The highest BCUT2D eigenvalue weighted by Gasteiger charge is 2.23. The molecule has 0 aromatic carbocycles. The molecule has 0 spiro atoms. The highest BCUT2D eigenvalue weighted by atomic mass is 32.1. The van der Waals surface area contributed by atoms with Crippen LogP contribution in [0.3, 0.4) is 0 Å². The van der Waals surface area contributed by atoms with Gasteiger partial charge >= 0.3 is 0 Å². The Morgan fingerprint density at radius 3 is 2.92 bits per heavy atom. The lowest BCUT2D eigenvalue weighted by Crippen LogP contribution is -2.14. The Morgan fingerprint density at radius 1 is 1.42 bits per heavy atom. The summed E-state index contributed by atoms with van der Waals surface area (Å²) >= 11 is 1.42. The van der Waals surface area contributed by atoms with E-state index >= 15 is 0 Å². The molecule has 4 heterocycles. The summed E-state index contributed by atoms with van der Waals surface area (Å²) in [4.78, 5) is 21.2. The number of anilines is 1. The van der Waals surface area contributed by atoms with Gasteiger partial charge in [0.05, 0.1) is 18.0 Å². The Morgan fingerprint density at radius 2 is 2.23 bits per heavy atom. The van der Waals surface area contributed by atoms with Crippen molar-refractivity contribution in [2.45, 2.75) is 18.8 Å². The number of nitrogens with one attached hydrogen (secondary N) is 1. The third-order valence-corrected chi connectivity index (χ3v) is 5.34. The molecule has 0 aliphatic carbocycles. The molecule has 9 nitrogen and oxygen atoms in total. The molecule has 0 bridgehead atoms. The summed E-state index contributed by atoms with van der Waals surface area (Å²) in [5.74, 6) is 0.470. The first-order chi connectivity index (χ1) is 12.7. The van der Waals surface area contributed by atoms with Gasteiger partial charge in [-0.1, -0.05) is 16.6 Å². The molecule has 3 aromatic heterocycles. The number of pyridine rings is 1. The molecule has 1 fully saturated rings. The first kappa shape index (κ1) is 16.9. The van der Waals surface area contributed by atoms with Crippen LogP contribution in [0.15, 0.2) is 12.4 Å². The summed E-state index contributed by atoms with van der Waals surface area (Å²) in [7, 11) is 3.27. The van der Waals surface area contributed by atoms with Gasteiger partial charge < -0.3 is 9.47 Å². The third-order valence-electron chi connectivity index (χ3n) is 4.32. The average Bonchev–Trinajstić information content (AvgIpc) is 3.27. The van der Waals surface area contributed by atoms with Gasteiger partial charge in [0, 0.05) is 26.5 Å². The Bertz CT molecular complexity index is 947. The van der Waals surface area contributed by atoms with Crippen LogP contribution in [-0.4, -0.2) is 51.2 Å². The van der Waals surface area contributed by atoms with Crippen molar-refractivity contribution in [1.29, 1.82) is 0 Å². The summed E-state index contributed by atoms with van der Waals surface area (Å²) in [6.07, 6.45) is 5.30. The zero-order valence-corrected chi connectivity index (χ0v) is 15.2. The number of ether oxygens (including phenoxy) is 2. The zero-order chi connectivity index (χ0) is 18.1. The fourth-order valence-corrected chi connectivity index (χ4v) is 4.06. The molecule has 1 aliphatic heterocycles. The number of amides is 1. The third kappa shape index (κ3) is 3.13. The van der Waals surface area contributed by atoms with Gasteiger partial charge in [-0.25, -0.2) is 9.97 Å². The smallest absolute Gasteiger partial charge is 0.279 e. The zero-order valence-electron chi connectivity index (χ0n) is 14.4. The Balaban J connectivity index is 1.69. The highest BCUT2D eigenvalue weighted by Crippen LogP contribution is 2.39. The number of methoxy groups -OCH3 is 1. The van der Waals surface area contributed by atoms with E-state index < -0.39 is 0 Å². The van der Waals surface area contributed by atoms with Crippen molar-refractivity contribution in [3.63, 3.8) is 0 Å². The molecular formula is C16H18N6O3S. The van der Waals surface area contributed by atoms with Crippen LogP contribution >= 0.6 is 11.3 Å². The molecule has 1 N–H and O–H groups in total. The van der Waals surface area contributed by atoms with Gasteiger partial charge in [-0.15, -0.1) is 5.10 Å². The summed E-state index contributed by atoms with van der Waals surface area (Å²) in [5, 5.41) is 10.9. The van der Waals surface area contributed by atoms with E-state index in [1.165, 1.54) is 16.0 Å². The second-order valence-electron chi connectivity index (χ2n) is 6.04. The molecule has 136 valence electrons. The molecule has 1 aliphatic rings. The maximum atomic E-state index is 12.3. The quantitative estimate of drug-likeness (QED) is 0.744. The molecule has 0 saturated carbocycles. The molecule has 1 saturated heterocycles. The molecule has 3 aromatic rings. The number of carbonyl (C=O) groups excluding carboxylic acids is 1. The van der Waals surface area contributed by atoms with Crippen LogP contribution in [0.2, 0.25) is 0 Å².